The smallest absolute Gasteiger partial charge is 0.247 e. The summed E-state index contributed by atoms with van der Waals surface area (Å²) in [5, 5.41) is 9.14. The number of ether oxygens (including phenoxy) is 2. The molecule has 4 aliphatic heterocycles. The van der Waals surface area contributed by atoms with E-state index in [1.807, 2.05) is 36.1 Å². The van der Waals surface area contributed by atoms with Gasteiger partial charge in [-0.1, -0.05) is 40.9 Å². The van der Waals surface area contributed by atoms with Gasteiger partial charge in [-0.05, 0) is 50.5 Å². The van der Waals surface area contributed by atoms with Crippen LogP contribution in [0, 0.1) is 11.8 Å². The van der Waals surface area contributed by atoms with Crippen LogP contribution in [0.2, 0.25) is 0 Å². The van der Waals surface area contributed by atoms with Crippen molar-refractivity contribution in [2.75, 3.05) is 77.1 Å². The van der Waals surface area contributed by atoms with Crippen LogP contribution in [0.25, 0.3) is 0 Å². The molecule has 3 amide bonds. The lowest BCUT2D eigenvalue weighted by Gasteiger charge is -2.39. The Kier molecular flexibility index (Phi) is 13.1. The summed E-state index contributed by atoms with van der Waals surface area (Å²) in [6.45, 7) is 15.9. The van der Waals surface area contributed by atoms with Crippen LogP contribution in [0.5, 0.6) is 5.75 Å². The van der Waals surface area contributed by atoms with E-state index in [0.29, 0.717) is 58.8 Å². The summed E-state index contributed by atoms with van der Waals surface area (Å²) < 4.78 is 10.4. The minimum absolute atomic E-state index is 0.0209. The van der Waals surface area contributed by atoms with E-state index in [-0.39, 0.29) is 34.4 Å². The van der Waals surface area contributed by atoms with Gasteiger partial charge in [0.2, 0.25) is 17.7 Å². The highest BCUT2D eigenvalue weighted by atomic mass is 79.9. The van der Waals surface area contributed by atoms with Crippen molar-refractivity contribution in [1.82, 2.24) is 14.7 Å². The molecule has 4 aliphatic rings. The number of anilines is 1. The van der Waals surface area contributed by atoms with Crippen molar-refractivity contribution in [3.8, 4) is 5.75 Å². The summed E-state index contributed by atoms with van der Waals surface area (Å²) in [5.41, 5.74) is 0.718. The van der Waals surface area contributed by atoms with Gasteiger partial charge >= 0.3 is 0 Å². The average Bonchev–Trinajstić information content (AvgIpc) is 3.69. The molecule has 4 saturated heterocycles. The number of fused-ring (bicyclic) bond motifs is 1. The van der Waals surface area contributed by atoms with E-state index in [1.54, 1.807) is 33.7 Å². The molecule has 4 fully saturated rings. The third kappa shape index (κ3) is 7.52. The Morgan fingerprint density at radius 2 is 1.79 bits per heavy atom. The fourth-order valence-corrected chi connectivity index (χ4v) is 11.5. The normalized spacial score (nSPS) is 27.9. The molecule has 0 aliphatic carbocycles. The third-order valence-corrected chi connectivity index (χ3v) is 13.3. The van der Waals surface area contributed by atoms with Crippen molar-refractivity contribution < 1.29 is 29.0 Å². The lowest BCUT2D eigenvalue weighted by atomic mass is 9.70. The number of alkyl halides is 1. The highest BCUT2D eigenvalue weighted by Gasteiger charge is 2.76. The Morgan fingerprint density at radius 1 is 1.08 bits per heavy atom. The molecule has 1 aromatic rings. The van der Waals surface area contributed by atoms with E-state index >= 15 is 0 Å². The second-order valence-electron chi connectivity index (χ2n) is 13.0. The van der Waals surface area contributed by atoms with Crippen molar-refractivity contribution in [3.05, 3.63) is 49.6 Å². The molecule has 5 rings (SSSR count). The van der Waals surface area contributed by atoms with Crippen LogP contribution in [-0.4, -0.2) is 131 Å². The van der Waals surface area contributed by atoms with Crippen LogP contribution in [-0.2, 0) is 19.1 Å². The third-order valence-electron chi connectivity index (χ3n) is 10.1. The van der Waals surface area contributed by atoms with E-state index in [1.165, 1.54) is 0 Å². The summed E-state index contributed by atoms with van der Waals surface area (Å²) in [6.07, 6.45) is 7.24. The molecule has 1 spiro atoms. The molecule has 1 N–H and O–H groups in total. The van der Waals surface area contributed by atoms with Crippen LogP contribution in [0.15, 0.2) is 49.6 Å². The average molecular weight is 748 g/mol. The van der Waals surface area contributed by atoms with Gasteiger partial charge in [-0.25, -0.2) is 0 Å². The van der Waals surface area contributed by atoms with Gasteiger partial charge < -0.3 is 29.3 Å². The number of hydrogen-bond acceptors (Lipinski definition) is 8. The first kappa shape index (κ1) is 36.9. The van der Waals surface area contributed by atoms with Crippen LogP contribution in [0.4, 0.5) is 5.69 Å². The SMILES string of the molecule is C=CCN(CCN1CCOCC1)C(=O)C1N(CCCCCCO)C(=O)[C@@H]2[C@H](C(=O)N(CC=C)c3ccc(OCC)cc3)[C@H]3SC12CC3Br. The number of likely N-dealkylation sites (tertiary alicyclic amines) is 1. The zero-order chi connectivity index (χ0) is 34.3. The minimum atomic E-state index is -0.727. The zero-order valence-electron chi connectivity index (χ0n) is 28.1. The molecule has 6 atom stereocenters. The standard InChI is InChI=1S/C36H51BrN4O6S/c1-4-15-39(19-18-38-20-23-46-24-21-38)35(45)32-36-25-28(37)31(48-36)29(30(36)34(44)41(32)17-9-7-8-10-22-42)33(43)40(16-5-2)26-11-13-27(14-12-26)47-6-3/h4-5,11-14,28-32,42H,1-2,6-10,15-25H2,3H3/t28?,29-,30-,31-,32?,36?/m0/s1. The first-order chi connectivity index (χ1) is 23.3. The van der Waals surface area contributed by atoms with Crippen molar-refractivity contribution in [2.24, 2.45) is 11.8 Å². The van der Waals surface area contributed by atoms with Crippen molar-refractivity contribution in [2.45, 2.75) is 59.9 Å². The zero-order valence-corrected chi connectivity index (χ0v) is 30.5. The Balaban J connectivity index is 1.46. The van der Waals surface area contributed by atoms with E-state index in [2.05, 4.69) is 34.0 Å². The number of unbranched alkanes of at least 4 members (excludes halogenated alkanes) is 3. The summed E-state index contributed by atoms with van der Waals surface area (Å²) in [7, 11) is 0. The van der Waals surface area contributed by atoms with Gasteiger partial charge in [0, 0.05) is 68.2 Å². The summed E-state index contributed by atoms with van der Waals surface area (Å²) in [6, 6.07) is 6.77. The maximum Gasteiger partial charge on any atom is 0.247 e. The van der Waals surface area contributed by atoms with Gasteiger partial charge in [0.1, 0.15) is 11.8 Å². The van der Waals surface area contributed by atoms with Crippen LogP contribution in [0.1, 0.15) is 39.0 Å². The quantitative estimate of drug-likeness (QED) is 0.137. The number of benzene rings is 1. The van der Waals surface area contributed by atoms with Crippen LogP contribution >= 0.6 is 27.7 Å². The van der Waals surface area contributed by atoms with Crippen LogP contribution in [0.3, 0.4) is 0 Å². The number of rotatable bonds is 18. The number of thioether (sulfide) groups is 1. The minimum Gasteiger partial charge on any atom is -0.494 e. The number of carbonyl (C=O) groups is 3. The number of aliphatic hydroxyl groups excluding tert-OH is 1. The highest BCUT2D eigenvalue weighted by Crippen LogP contribution is 2.68. The number of halogens is 1. The summed E-state index contributed by atoms with van der Waals surface area (Å²) in [4.78, 5) is 51.8. The molecular formula is C36H51BrN4O6S. The maximum atomic E-state index is 14.8. The van der Waals surface area contributed by atoms with Crippen molar-refractivity contribution >= 4 is 51.1 Å². The molecular weight excluding hydrogens is 696 g/mol. The molecule has 0 saturated carbocycles. The second kappa shape index (κ2) is 17.0. The van der Waals surface area contributed by atoms with Gasteiger partial charge in [-0.2, -0.15) is 0 Å². The first-order valence-electron chi connectivity index (χ1n) is 17.4. The van der Waals surface area contributed by atoms with Gasteiger partial charge in [0.05, 0.1) is 36.4 Å². The molecule has 12 heteroatoms. The lowest BCUT2D eigenvalue weighted by Crippen LogP contribution is -2.56. The molecule has 4 heterocycles. The van der Waals surface area contributed by atoms with Gasteiger partial charge in [-0.3, -0.25) is 19.3 Å². The van der Waals surface area contributed by atoms with Gasteiger partial charge in [0.15, 0.2) is 0 Å². The Hall–Kier alpha value is -2.38. The molecule has 0 radical (unpaired) electrons. The predicted octanol–water partition coefficient (Wildman–Crippen LogP) is 3.97. The number of morpholine rings is 1. The largest absolute Gasteiger partial charge is 0.494 e. The van der Waals surface area contributed by atoms with Gasteiger partial charge in [0.25, 0.3) is 0 Å². The Bertz CT molecular complexity index is 1300. The van der Waals surface area contributed by atoms with E-state index in [4.69, 9.17) is 9.47 Å². The maximum absolute atomic E-state index is 14.8. The number of nitrogens with zero attached hydrogens (tertiary/aromatic N) is 4. The van der Waals surface area contributed by atoms with Crippen molar-refractivity contribution in [3.63, 3.8) is 0 Å². The topological polar surface area (TPSA) is 103 Å². The number of carbonyl (C=O) groups excluding carboxylic acids is 3. The molecule has 10 nitrogen and oxygen atoms in total. The van der Waals surface area contributed by atoms with E-state index in [0.717, 1.165) is 50.3 Å². The highest BCUT2D eigenvalue weighted by molar-refractivity contribution is 9.09. The lowest BCUT2D eigenvalue weighted by molar-refractivity contribution is -0.142. The first-order valence-corrected chi connectivity index (χ1v) is 19.2. The molecule has 264 valence electrons. The fourth-order valence-electron chi connectivity index (χ4n) is 7.91. The van der Waals surface area contributed by atoms with Gasteiger partial charge in [-0.15, -0.1) is 24.9 Å². The van der Waals surface area contributed by atoms with Crippen LogP contribution < -0.4 is 9.64 Å². The van der Waals surface area contributed by atoms with E-state index < -0.39 is 22.6 Å². The second-order valence-corrected chi connectivity index (χ2v) is 15.7. The molecule has 3 unspecified atom stereocenters. The Labute approximate surface area is 298 Å². The monoisotopic (exact) mass is 746 g/mol. The van der Waals surface area contributed by atoms with Crippen molar-refractivity contribution in [1.29, 1.82) is 0 Å². The number of hydrogen-bond donors (Lipinski definition) is 1. The fraction of sp³-hybridized carbons (Fsp3) is 0.639. The Morgan fingerprint density at radius 3 is 2.46 bits per heavy atom. The molecule has 2 bridgehead atoms. The number of aliphatic hydroxyl groups is 1. The molecule has 1 aromatic carbocycles. The summed E-state index contributed by atoms with van der Waals surface area (Å²) in [5.74, 6) is -0.762. The summed E-state index contributed by atoms with van der Waals surface area (Å²) >= 11 is 5.58. The predicted molar refractivity (Wildman–Crippen MR) is 194 cm³/mol. The molecule has 48 heavy (non-hydrogen) atoms. The molecule has 0 aromatic heterocycles. The number of amides is 3. The van der Waals surface area contributed by atoms with E-state index in [9.17, 15) is 19.5 Å².